The average Bonchev–Trinajstić information content (AvgIpc) is 1.37. The Morgan fingerprint density at radius 2 is 2.00 bits per heavy atom. The van der Waals surface area contributed by atoms with Gasteiger partial charge in [-0.25, -0.2) is 5.90 Å². The fraction of sp³-hybridized carbons (Fsp3) is 1.00. The van der Waals surface area contributed by atoms with Gasteiger partial charge in [0, 0.05) is 17.1 Å². The molecule has 3 heteroatoms. The molecule has 0 aliphatic heterocycles. The SMILES string of the molecule is CCON.[Mn]. The Bertz CT molecular complexity index is 11.6. The molecule has 1 radical (unpaired) electrons. The third kappa shape index (κ3) is 12.8. The molecule has 0 aromatic carbocycles. The summed E-state index contributed by atoms with van der Waals surface area (Å²) < 4.78 is 0. The minimum atomic E-state index is 0. The zero-order valence-electron chi connectivity index (χ0n) is 3.07. The summed E-state index contributed by atoms with van der Waals surface area (Å²) in [5, 5.41) is 0. The summed E-state index contributed by atoms with van der Waals surface area (Å²) >= 11 is 0. The second-order valence-corrected chi connectivity index (χ2v) is 0.455. The molecule has 0 aliphatic rings. The van der Waals surface area contributed by atoms with Crippen molar-refractivity contribution in [1.29, 1.82) is 0 Å². The second kappa shape index (κ2) is 8.83. The minimum Gasteiger partial charge on any atom is -0.305 e. The van der Waals surface area contributed by atoms with E-state index in [1.54, 1.807) is 0 Å². The maximum atomic E-state index is 4.53. The van der Waals surface area contributed by atoms with Gasteiger partial charge in [0.1, 0.15) is 0 Å². The molecule has 0 heterocycles. The quantitative estimate of drug-likeness (QED) is 0.383. The summed E-state index contributed by atoms with van der Waals surface area (Å²) in [6.45, 7) is 2.43. The van der Waals surface area contributed by atoms with Crippen molar-refractivity contribution in [2.24, 2.45) is 5.90 Å². The van der Waals surface area contributed by atoms with Gasteiger partial charge in [0.25, 0.3) is 0 Å². The smallest absolute Gasteiger partial charge is 0.0651 e. The van der Waals surface area contributed by atoms with E-state index in [9.17, 15) is 0 Å². The van der Waals surface area contributed by atoms with Gasteiger partial charge in [0.05, 0.1) is 6.61 Å². The molecule has 0 bridgehead atoms. The van der Waals surface area contributed by atoms with Gasteiger partial charge in [-0.05, 0) is 6.92 Å². The van der Waals surface area contributed by atoms with E-state index in [4.69, 9.17) is 0 Å². The molecular weight excluding hydrogens is 109 g/mol. The predicted molar refractivity (Wildman–Crippen MR) is 15.8 cm³/mol. The third-order valence-corrected chi connectivity index (χ3v) is 0.167. The van der Waals surface area contributed by atoms with Gasteiger partial charge in [-0.1, -0.05) is 0 Å². The number of nitrogens with two attached hydrogens (primary N) is 1. The topological polar surface area (TPSA) is 35.2 Å². The molecule has 0 amide bonds. The van der Waals surface area contributed by atoms with Crippen LogP contribution in [0, 0.1) is 0 Å². The van der Waals surface area contributed by atoms with Crippen LogP contribution in [0.2, 0.25) is 0 Å². The van der Waals surface area contributed by atoms with Crippen LogP contribution in [0.15, 0.2) is 0 Å². The van der Waals surface area contributed by atoms with Gasteiger partial charge >= 0.3 is 0 Å². The van der Waals surface area contributed by atoms with E-state index in [0.717, 1.165) is 0 Å². The first-order valence-electron chi connectivity index (χ1n) is 1.23. The number of hydrogen-bond donors (Lipinski definition) is 1. The van der Waals surface area contributed by atoms with Crippen molar-refractivity contribution in [2.75, 3.05) is 6.61 Å². The summed E-state index contributed by atoms with van der Waals surface area (Å²) in [6, 6.07) is 0. The van der Waals surface area contributed by atoms with Crippen molar-refractivity contribution in [2.45, 2.75) is 6.92 Å². The summed E-state index contributed by atoms with van der Waals surface area (Å²) in [5.41, 5.74) is 0. The zero-order valence-corrected chi connectivity index (χ0v) is 4.25. The first-order chi connectivity index (χ1) is 1.91. The van der Waals surface area contributed by atoms with Crippen LogP contribution in [0.1, 0.15) is 6.92 Å². The molecule has 2 N–H and O–H groups in total. The largest absolute Gasteiger partial charge is 0.305 e. The fourth-order valence-electron chi connectivity index (χ4n) is 0. The Morgan fingerprint density at radius 3 is 2.00 bits per heavy atom. The van der Waals surface area contributed by atoms with Crippen LogP contribution in [0.5, 0.6) is 0 Å². The van der Waals surface area contributed by atoms with Crippen LogP contribution in [0.3, 0.4) is 0 Å². The molecule has 0 aliphatic carbocycles. The molecule has 2 nitrogen and oxygen atoms in total. The van der Waals surface area contributed by atoms with E-state index in [0.29, 0.717) is 6.61 Å². The Morgan fingerprint density at radius 1 is 1.80 bits per heavy atom. The van der Waals surface area contributed by atoms with E-state index >= 15 is 0 Å². The monoisotopic (exact) mass is 116 g/mol. The first-order valence-corrected chi connectivity index (χ1v) is 1.23. The molecule has 0 aromatic rings. The average molecular weight is 116 g/mol. The Kier molecular flexibility index (Phi) is 16.0. The van der Waals surface area contributed by atoms with Crippen molar-refractivity contribution in [3.8, 4) is 0 Å². The Labute approximate surface area is 42.1 Å². The van der Waals surface area contributed by atoms with E-state index in [2.05, 4.69) is 10.7 Å². The van der Waals surface area contributed by atoms with Crippen LogP contribution in [0.25, 0.3) is 0 Å². The molecule has 0 fully saturated rings. The molecule has 0 atom stereocenters. The standard InChI is InChI=1S/C2H7NO.Mn/c1-2-4-3;/h2-3H2,1H3;. The van der Waals surface area contributed by atoms with Crippen LogP contribution in [-0.4, -0.2) is 6.61 Å². The molecule has 0 saturated carbocycles. The zero-order chi connectivity index (χ0) is 3.41. The van der Waals surface area contributed by atoms with Gasteiger partial charge in [-0.3, -0.25) is 0 Å². The summed E-state index contributed by atoms with van der Waals surface area (Å²) in [7, 11) is 0. The van der Waals surface area contributed by atoms with Crippen LogP contribution in [-0.2, 0) is 21.9 Å². The van der Waals surface area contributed by atoms with Gasteiger partial charge in [-0.15, -0.1) is 0 Å². The maximum Gasteiger partial charge on any atom is 0.0651 e. The van der Waals surface area contributed by atoms with Gasteiger partial charge in [0.15, 0.2) is 0 Å². The number of rotatable bonds is 1. The second-order valence-electron chi connectivity index (χ2n) is 0.455. The molecule has 0 spiro atoms. The van der Waals surface area contributed by atoms with E-state index < -0.39 is 0 Å². The molecule has 0 saturated heterocycles. The Hall–Kier alpha value is 0.439. The molecular formula is C2H7MnNO. The maximum absolute atomic E-state index is 4.53. The van der Waals surface area contributed by atoms with Crippen molar-refractivity contribution >= 4 is 0 Å². The van der Waals surface area contributed by atoms with Gasteiger partial charge < -0.3 is 4.84 Å². The molecule has 0 aromatic heterocycles. The number of hydrogen-bond acceptors (Lipinski definition) is 2. The van der Waals surface area contributed by atoms with E-state index in [1.165, 1.54) is 0 Å². The third-order valence-electron chi connectivity index (χ3n) is 0.167. The van der Waals surface area contributed by atoms with Crippen molar-refractivity contribution in [3.05, 3.63) is 0 Å². The van der Waals surface area contributed by atoms with E-state index in [-0.39, 0.29) is 17.1 Å². The normalized spacial score (nSPS) is 6.00. The molecule has 5 heavy (non-hydrogen) atoms. The first kappa shape index (κ1) is 9.06. The molecule has 0 rings (SSSR count). The molecule has 33 valence electrons. The van der Waals surface area contributed by atoms with Crippen LogP contribution >= 0.6 is 0 Å². The summed E-state index contributed by atoms with van der Waals surface area (Å²) in [4.78, 5) is 4.04. The fourth-order valence-corrected chi connectivity index (χ4v) is 0. The summed E-state index contributed by atoms with van der Waals surface area (Å²) in [6.07, 6.45) is 0. The summed E-state index contributed by atoms with van der Waals surface area (Å²) in [5.74, 6) is 4.53. The van der Waals surface area contributed by atoms with Crippen molar-refractivity contribution in [3.63, 3.8) is 0 Å². The van der Waals surface area contributed by atoms with Crippen molar-refractivity contribution < 1.29 is 21.9 Å². The van der Waals surface area contributed by atoms with Crippen LogP contribution < -0.4 is 5.90 Å². The van der Waals surface area contributed by atoms with Crippen molar-refractivity contribution in [1.82, 2.24) is 0 Å². The van der Waals surface area contributed by atoms with E-state index in [1.807, 2.05) is 6.92 Å². The Balaban J connectivity index is 0. The van der Waals surface area contributed by atoms with Gasteiger partial charge in [-0.2, -0.15) is 0 Å². The minimum absolute atomic E-state index is 0. The molecule has 0 unspecified atom stereocenters. The van der Waals surface area contributed by atoms with Gasteiger partial charge in [0.2, 0.25) is 0 Å². The predicted octanol–water partition coefficient (Wildman–Crippen LogP) is -0.106. The van der Waals surface area contributed by atoms with Crippen LogP contribution in [0.4, 0.5) is 0 Å².